The second kappa shape index (κ2) is 8.92. The molecule has 0 bridgehead atoms. The lowest BCUT2D eigenvalue weighted by Gasteiger charge is -2.16. The van der Waals surface area contributed by atoms with Crippen LogP contribution in [0, 0.1) is 0 Å². The van der Waals surface area contributed by atoms with Crippen molar-refractivity contribution >= 4 is 11.9 Å². The van der Waals surface area contributed by atoms with Gasteiger partial charge in [-0.25, -0.2) is 4.99 Å². The van der Waals surface area contributed by atoms with E-state index in [1.54, 1.807) is 26.1 Å². The maximum atomic E-state index is 11.6. The number of aliphatic imine (C=N–C) groups is 1. The molecule has 0 aliphatic carbocycles. The Morgan fingerprint density at radius 2 is 1.91 bits per heavy atom. The van der Waals surface area contributed by atoms with Crippen LogP contribution in [0.15, 0.2) is 29.3 Å². The van der Waals surface area contributed by atoms with E-state index in [1.165, 1.54) is 0 Å². The summed E-state index contributed by atoms with van der Waals surface area (Å²) in [5.74, 6) is 1.45. The molecule has 0 heterocycles. The molecule has 0 saturated heterocycles. The number of carbonyl (C=O) groups excluding carboxylic acids is 1. The Bertz CT molecular complexity index is 495. The molecule has 6 heteroatoms. The molecule has 1 aromatic rings. The fourth-order valence-corrected chi connectivity index (χ4v) is 1.64. The summed E-state index contributed by atoms with van der Waals surface area (Å²) in [4.78, 5) is 17.7. The number of guanidine groups is 1. The van der Waals surface area contributed by atoms with Gasteiger partial charge >= 0.3 is 0 Å². The zero-order chi connectivity index (χ0) is 16.5. The van der Waals surface area contributed by atoms with Gasteiger partial charge in [-0.2, -0.15) is 0 Å². The summed E-state index contributed by atoms with van der Waals surface area (Å²) < 4.78 is 5.13. The number of carbonyl (C=O) groups is 1. The largest absolute Gasteiger partial charge is 0.497 e. The number of methoxy groups -OCH3 is 1. The van der Waals surface area contributed by atoms with Gasteiger partial charge in [-0.3, -0.25) is 4.79 Å². The van der Waals surface area contributed by atoms with E-state index in [1.807, 2.05) is 38.1 Å². The molecule has 0 radical (unpaired) electrons. The summed E-state index contributed by atoms with van der Waals surface area (Å²) in [7, 11) is 5.10. The van der Waals surface area contributed by atoms with Crippen LogP contribution in [-0.4, -0.2) is 50.6 Å². The summed E-state index contributed by atoms with van der Waals surface area (Å²) in [5, 5.41) is 6.26. The first-order chi connectivity index (χ1) is 10.4. The van der Waals surface area contributed by atoms with Gasteiger partial charge in [0.25, 0.3) is 0 Å². The van der Waals surface area contributed by atoms with Crippen LogP contribution in [0.3, 0.4) is 0 Å². The van der Waals surface area contributed by atoms with Crippen molar-refractivity contribution < 1.29 is 9.53 Å². The van der Waals surface area contributed by atoms with Crippen LogP contribution >= 0.6 is 0 Å². The molecule has 22 heavy (non-hydrogen) atoms. The van der Waals surface area contributed by atoms with Crippen molar-refractivity contribution in [3.05, 3.63) is 29.8 Å². The number of likely N-dealkylation sites (N-methyl/N-ethyl adjacent to an activating group) is 1. The predicted octanol–water partition coefficient (Wildman–Crippen LogP) is 1.23. The molecule has 1 aromatic carbocycles. The molecule has 2 N–H and O–H groups in total. The van der Waals surface area contributed by atoms with Crippen molar-refractivity contribution in [1.29, 1.82) is 0 Å². The van der Waals surface area contributed by atoms with Gasteiger partial charge in [0.2, 0.25) is 5.91 Å². The van der Waals surface area contributed by atoms with Crippen LogP contribution in [0.2, 0.25) is 0 Å². The van der Waals surface area contributed by atoms with E-state index in [-0.39, 0.29) is 18.5 Å². The second-order valence-electron chi connectivity index (χ2n) is 5.45. The Labute approximate surface area is 132 Å². The van der Waals surface area contributed by atoms with E-state index >= 15 is 0 Å². The zero-order valence-corrected chi connectivity index (χ0v) is 14.0. The average molecular weight is 306 g/mol. The number of benzene rings is 1. The summed E-state index contributed by atoms with van der Waals surface area (Å²) in [6.45, 7) is 4.80. The van der Waals surface area contributed by atoms with Gasteiger partial charge in [0.15, 0.2) is 5.96 Å². The highest BCUT2D eigenvalue weighted by atomic mass is 16.5. The predicted molar refractivity (Wildman–Crippen MR) is 89.1 cm³/mol. The van der Waals surface area contributed by atoms with E-state index < -0.39 is 0 Å². The minimum Gasteiger partial charge on any atom is -0.497 e. The van der Waals surface area contributed by atoms with Gasteiger partial charge in [0, 0.05) is 20.1 Å². The Balaban J connectivity index is 2.66. The molecular weight excluding hydrogens is 280 g/mol. The number of nitrogens with zero attached hydrogens (tertiary/aromatic N) is 2. The normalized spacial score (nSPS) is 11.3. The highest BCUT2D eigenvalue weighted by molar-refractivity contribution is 5.86. The SMILES string of the molecule is COc1ccc(CN=C(NCC(=O)N(C)C)NC(C)C)cc1. The van der Waals surface area contributed by atoms with Crippen LogP contribution in [0.25, 0.3) is 0 Å². The topological polar surface area (TPSA) is 66.0 Å². The van der Waals surface area contributed by atoms with Crippen molar-refractivity contribution in [3.63, 3.8) is 0 Å². The van der Waals surface area contributed by atoms with Crippen molar-refractivity contribution in [2.45, 2.75) is 26.4 Å². The molecule has 0 aliphatic heterocycles. The van der Waals surface area contributed by atoms with Crippen molar-refractivity contribution in [1.82, 2.24) is 15.5 Å². The second-order valence-corrected chi connectivity index (χ2v) is 5.45. The Morgan fingerprint density at radius 1 is 1.27 bits per heavy atom. The number of nitrogens with one attached hydrogen (secondary N) is 2. The maximum absolute atomic E-state index is 11.6. The van der Waals surface area contributed by atoms with Crippen molar-refractivity contribution in [3.8, 4) is 5.75 Å². The quantitative estimate of drug-likeness (QED) is 0.613. The van der Waals surface area contributed by atoms with Gasteiger partial charge in [-0.15, -0.1) is 0 Å². The third-order valence-corrected chi connectivity index (χ3v) is 2.91. The molecule has 6 nitrogen and oxygen atoms in total. The Kier molecular flexibility index (Phi) is 7.22. The van der Waals surface area contributed by atoms with E-state index in [9.17, 15) is 4.79 Å². The lowest BCUT2D eigenvalue weighted by Crippen LogP contribution is -2.45. The van der Waals surface area contributed by atoms with Crippen LogP contribution in [-0.2, 0) is 11.3 Å². The first-order valence-electron chi connectivity index (χ1n) is 7.30. The summed E-state index contributed by atoms with van der Waals surface area (Å²) in [6, 6.07) is 7.99. The smallest absolute Gasteiger partial charge is 0.241 e. The van der Waals surface area contributed by atoms with Crippen LogP contribution in [0.1, 0.15) is 19.4 Å². The highest BCUT2D eigenvalue weighted by Gasteiger charge is 2.06. The summed E-state index contributed by atoms with van der Waals surface area (Å²) in [5.41, 5.74) is 1.07. The molecule has 0 spiro atoms. The third-order valence-electron chi connectivity index (χ3n) is 2.91. The Hall–Kier alpha value is -2.24. The van der Waals surface area contributed by atoms with Gasteiger partial charge in [0.1, 0.15) is 5.75 Å². The molecule has 0 saturated carbocycles. The minimum atomic E-state index is 0.00250. The summed E-state index contributed by atoms with van der Waals surface area (Å²) >= 11 is 0. The summed E-state index contributed by atoms with van der Waals surface area (Å²) in [6.07, 6.45) is 0. The maximum Gasteiger partial charge on any atom is 0.241 e. The fourth-order valence-electron chi connectivity index (χ4n) is 1.64. The van der Waals surface area contributed by atoms with E-state index in [2.05, 4.69) is 15.6 Å². The molecule has 1 rings (SSSR count). The van der Waals surface area contributed by atoms with Crippen molar-refractivity contribution in [2.24, 2.45) is 4.99 Å². The minimum absolute atomic E-state index is 0.00250. The van der Waals surface area contributed by atoms with E-state index in [0.29, 0.717) is 12.5 Å². The number of ether oxygens (including phenoxy) is 1. The van der Waals surface area contributed by atoms with E-state index in [0.717, 1.165) is 11.3 Å². The molecule has 0 aromatic heterocycles. The zero-order valence-electron chi connectivity index (χ0n) is 14.0. The van der Waals surface area contributed by atoms with Gasteiger partial charge in [-0.1, -0.05) is 12.1 Å². The molecule has 122 valence electrons. The van der Waals surface area contributed by atoms with Crippen LogP contribution in [0.4, 0.5) is 0 Å². The monoisotopic (exact) mass is 306 g/mol. The molecule has 0 atom stereocenters. The number of rotatable bonds is 6. The van der Waals surface area contributed by atoms with E-state index in [4.69, 9.17) is 4.74 Å². The van der Waals surface area contributed by atoms with Crippen LogP contribution < -0.4 is 15.4 Å². The number of hydrogen-bond acceptors (Lipinski definition) is 3. The van der Waals surface area contributed by atoms with Crippen LogP contribution in [0.5, 0.6) is 5.75 Å². The van der Waals surface area contributed by atoms with Crippen molar-refractivity contribution in [2.75, 3.05) is 27.7 Å². The average Bonchev–Trinajstić information content (AvgIpc) is 2.49. The molecule has 0 fully saturated rings. The first-order valence-corrected chi connectivity index (χ1v) is 7.30. The van der Waals surface area contributed by atoms with Gasteiger partial charge in [-0.05, 0) is 31.5 Å². The lowest BCUT2D eigenvalue weighted by molar-refractivity contribution is -0.127. The Morgan fingerprint density at radius 3 is 2.41 bits per heavy atom. The fraction of sp³-hybridized carbons (Fsp3) is 0.500. The van der Waals surface area contributed by atoms with Gasteiger partial charge in [0.05, 0.1) is 20.2 Å². The van der Waals surface area contributed by atoms with Gasteiger partial charge < -0.3 is 20.3 Å². The lowest BCUT2D eigenvalue weighted by atomic mass is 10.2. The third kappa shape index (κ3) is 6.47. The molecule has 1 amide bonds. The number of hydrogen-bond donors (Lipinski definition) is 2. The first kappa shape index (κ1) is 17.8. The molecule has 0 aliphatic rings. The molecular formula is C16H26N4O2. The molecule has 0 unspecified atom stereocenters. The standard InChI is InChI=1S/C16H26N4O2/c1-12(2)19-16(18-11-15(21)20(3)4)17-10-13-6-8-14(22-5)9-7-13/h6-9,12H,10-11H2,1-5H3,(H2,17,18,19). The number of amides is 1. The highest BCUT2D eigenvalue weighted by Crippen LogP contribution is 2.11.